The molecule has 0 bridgehead atoms. The molecule has 1 saturated heterocycles. The minimum atomic E-state index is 0.384. The van der Waals surface area contributed by atoms with Crippen molar-refractivity contribution in [1.29, 1.82) is 0 Å². The molecule has 4 nitrogen and oxygen atoms in total. The molecule has 2 aromatic carbocycles. The summed E-state index contributed by atoms with van der Waals surface area (Å²) in [5.74, 6) is 1.91. The van der Waals surface area contributed by atoms with Gasteiger partial charge in [-0.2, -0.15) is 0 Å². The van der Waals surface area contributed by atoms with E-state index < -0.39 is 0 Å². The Morgan fingerprint density at radius 1 is 1.08 bits per heavy atom. The quantitative estimate of drug-likeness (QED) is 0.565. The molecular formula is C22H21N3O. The summed E-state index contributed by atoms with van der Waals surface area (Å²) in [6.45, 7) is 1.03. The first-order valence-electron chi connectivity index (χ1n) is 9.11. The zero-order valence-corrected chi connectivity index (χ0v) is 14.8. The molecule has 0 amide bonds. The van der Waals surface area contributed by atoms with Crippen molar-refractivity contribution in [3.63, 3.8) is 0 Å². The molecule has 26 heavy (non-hydrogen) atoms. The van der Waals surface area contributed by atoms with E-state index in [1.54, 1.807) is 7.11 Å². The van der Waals surface area contributed by atoms with Gasteiger partial charge in [0.05, 0.1) is 24.2 Å². The average Bonchev–Trinajstić information content (AvgIpc) is 3.32. The van der Waals surface area contributed by atoms with Crippen molar-refractivity contribution in [2.24, 2.45) is 0 Å². The highest BCUT2D eigenvalue weighted by molar-refractivity contribution is 6.10. The number of hydrogen-bond acceptors (Lipinski definition) is 3. The molecule has 1 unspecified atom stereocenters. The van der Waals surface area contributed by atoms with E-state index in [2.05, 4.69) is 58.4 Å². The monoisotopic (exact) mass is 343 g/mol. The summed E-state index contributed by atoms with van der Waals surface area (Å²) in [6, 6.07) is 19.4. The number of pyridine rings is 1. The molecular weight excluding hydrogens is 322 g/mol. The van der Waals surface area contributed by atoms with Crippen LogP contribution in [-0.4, -0.2) is 23.6 Å². The van der Waals surface area contributed by atoms with Crippen LogP contribution in [0.4, 0.5) is 5.82 Å². The Kier molecular flexibility index (Phi) is 3.56. The fraction of sp³-hybridized carbons (Fsp3) is 0.227. The van der Waals surface area contributed by atoms with Crippen molar-refractivity contribution in [2.45, 2.75) is 18.9 Å². The average molecular weight is 343 g/mol. The molecule has 1 aliphatic rings. The van der Waals surface area contributed by atoms with E-state index in [1.165, 1.54) is 22.8 Å². The summed E-state index contributed by atoms with van der Waals surface area (Å²) >= 11 is 0. The van der Waals surface area contributed by atoms with Crippen LogP contribution in [0.25, 0.3) is 21.8 Å². The van der Waals surface area contributed by atoms with E-state index in [1.807, 2.05) is 12.3 Å². The van der Waals surface area contributed by atoms with Crippen LogP contribution in [0.2, 0.25) is 0 Å². The number of aromatic nitrogens is 2. The molecule has 4 aromatic rings. The summed E-state index contributed by atoms with van der Waals surface area (Å²) < 4.78 is 5.38. The smallest absolute Gasteiger partial charge is 0.153 e. The molecule has 3 heterocycles. The summed E-state index contributed by atoms with van der Waals surface area (Å²) in [6.07, 6.45) is 4.28. The van der Waals surface area contributed by atoms with E-state index in [9.17, 15) is 0 Å². The van der Waals surface area contributed by atoms with Crippen LogP contribution in [-0.2, 0) is 0 Å². The molecule has 0 radical (unpaired) electrons. The molecule has 0 saturated carbocycles. The molecule has 1 aliphatic heterocycles. The van der Waals surface area contributed by atoms with Crippen LogP contribution < -0.4 is 9.64 Å². The Hall–Kier alpha value is -3.01. The van der Waals surface area contributed by atoms with E-state index in [-0.39, 0.29) is 0 Å². The number of rotatable bonds is 3. The van der Waals surface area contributed by atoms with Gasteiger partial charge in [-0.05, 0) is 36.6 Å². The third-order valence-electron chi connectivity index (χ3n) is 5.42. The molecule has 0 aliphatic carbocycles. The third kappa shape index (κ3) is 2.33. The molecule has 1 N–H and O–H groups in total. The molecule has 2 aromatic heterocycles. The predicted octanol–water partition coefficient (Wildman–Crippen LogP) is 5.07. The maximum atomic E-state index is 5.38. The van der Waals surface area contributed by atoms with Gasteiger partial charge in [0.1, 0.15) is 5.75 Å². The largest absolute Gasteiger partial charge is 0.497 e. The number of anilines is 1. The van der Waals surface area contributed by atoms with Crippen LogP contribution in [0.5, 0.6) is 5.75 Å². The van der Waals surface area contributed by atoms with Gasteiger partial charge in [-0.1, -0.05) is 30.3 Å². The normalized spacial score (nSPS) is 17.3. The molecule has 5 rings (SSSR count). The summed E-state index contributed by atoms with van der Waals surface area (Å²) in [7, 11) is 1.70. The fourth-order valence-electron chi connectivity index (χ4n) is 4.18. The summed E-state index contributed by atoms with van der Waals surface area (Å²) in [5.41, 5.74) is 3.56. The first kappa shape index (κ1) is 15.3. The Bertz CT molecular complexity index is 1070. The number of hydrogen-bond donors (Lipinski definition) is 1. The molecule has 4 heteroatoms. The second-order valence-corrected chi connectivity index (χ2v) is 6.86. The van der Waals surface area contributed by atoms with Crippen LogP contribution in [0.15, 0.2) is 60.8 Å². The predicted molar refractivity (Wildman–Crippen MR) is 106 cm³/mol. The number of H-pyrrole nitrogens is 1. The van der Waals surface area contributed by atoms with Crippen molar-refractivity contribution in [2.75, 3.05) is 18.6 Å². The van der Waals surface area contributed by atoms with Gasteiger partial charge in [0.15, 0.2) is 5.82 Å². The van der Waals surface area contributed by atoms with Gasteiger partial charge in [0, 0.05) is 29.6 Å². The van der Waals surface area contributed by atoms with Crippen molar-refractivity contribution >= 4 is 27.6 Å². The van der Waals surface area contributed by atoms with Gasteiger partial charge in [-0.25, -0.2) is 4.98 Å². The molecule has 1 fully saturated rings. The Balaban J connectivity index is 1.66. The van der Waals surface area contributed by atoms with Gasteiger partial charge in [-0.3, -0.25) is 0 Å². The summed E-state index contributed by atoms with van der Waals surface area (Å²) in [4.78, 5) is 10.8. The van der Waals surface area contributed by atoms with Crippen LogP contribution in [0, 0.1) is 0 Å². The zero-order valence-electron chi connectivity index (χ0n) is 14.8. The van der Waals surface area contributed by atoms with E-state index in [0.717, 1.165) is 35.6 Å². The first-order valence-corrected chi connectivity index (χ1v) is 9.11. The van der Waals surface area contributed by atoms with E-state index in [0.29, 0.717) is 6.04 Å². The number of aromatic amines is 1. The van der Waals surface area contributed by atoms with Gasteiger partial charge < -0.3 is 14.6 Å². The Morgan fingerprint density at radius 2 is 1.96 bits per heavy atom. The number of nitrogens with zero attached hydrogens (tertiary/aromatic N) is 2. The number of fused-ring (bicyclic) bond motifs is 3. The summed E-state index contributed by atoms with van der Waals surface area (Å²) in [5, 5.41) is 2.42. The zero-order chi connectivity index (χ0) is 17.5. The molecule has 130 valence electrons. The van der Waals surface area contributed by atoms with Gasteiger partial charge >= 0.3 is 0 Å². The van der Waals surface area contributed by atoms with Crippen molar-refractivity contribution in [3.05, 3.63) is 66.4 Å². The number of methoxy groups -OCH3 is 1. The van der Waals surface area contributed by atoms with E-state index in [4.69, 9.17) is 9.72 Å². The highest BCUT2D eigenvalue weighted by atomic mass is 16.5. The maximum Gasteiger partial charge on any atom is 0.153 e. The van der Waals surface area contributed by atoms with Gasteiger partial charge in [0.25, 0.3) is 0 Å². The van der Waals surface area contributed by atoms with Gasteiger partial charge in [0.2, 0.25) is 0 Å². The Morgan fingerprint density at radius 3 is 2.81 bits per heavy atom. The lowest BCUT2D eigenvalue weighted by molar-refractivity contribution is 0.415. The van der Waals surface area contributed by atoms with Crippen LogP contribution >= 0.6 is 0 Å². The van der Waals surface area contributed by atoms with Gasteiger partial charge in [-0.15, -0.1) is 0 Å². The van der Waals surface area contributed by atoms with Crippen molar-refractivity contribution in [1.82, 2.24) is 9.97 Å². The number of nitrogens with one attached hydrogen (secondary N) is 1. The van der Waals surface area contributed by atoms with E-state index >= 15 is 0 Å². The topological polar surface area (TPSA) is 41.1 Å². The van der Waals surface area contributed by atoms with Crippen LogP contribution in [0.3, 0.4) is 0 Å². The number of benzene rings is 2. The lowest BCUT2D eigenvalue weighted by Gasteiger charge is -2.26. The lowest BCUT2D eigenvalue weighted by atomic mass is 10.0. The highest BCUT2D eigenvalue weighted by Gasteiger charge is 2.28. The standard InChI is InChI=1S/C22H21N3O/c1-26-16-9-10-17-18-11-12-23-22(21(18)24-19(17)14-16)25-13-5-8-20(25)15-6-3-2-4-7-15/h2-4,6-7,9-12,14,20,24H,5,8,13H2,1H3. The highest BCUT2D eigenvalue weighted by Crippen LogP contribution is 2.39. The molecule has 1 atom stereocenters. The molecule has 0 spiro atoms. The van der Waals surface area contributed by atoms with Crippen LogP contribution in [0.1, 0.15) is 24.4 Å². The SMILES string of the molecule is COc1ccc2c(c1)[nH]c1c(N3CCCC3c3ccccc3)nccc12. The Labute approximate surface area is 152 Å². The number of ether oxygens (including phenoxy) is 1. The van der Waals surface area contributed by atoms with Crippen molar-refractivity contribution in [3.8, 4) is 5.75 Å². The lowest BCUT2D eigenvalue weighted by Crippen LogP contribution is -2.23. The third-order valence-corrected chi connectivity index (χ3v) is 5.42. The first-order chi connectivity index (χ1) is 12.8. The van der Waals surface area contributed by atoms with Crippen molar-refractivity contribution < 1.29 is 4.74 Å². The fourth-order valence-corrected chi connectivity index (χ4v) is 4.18. The minimum Gasteiger partial charge on any atom is -0.497 e. The minimum absolute atomic E-state index is 0.384. The second-order valence-electron chi connectivity index (χ2n) is 6.86. The maximum absolute atomic E-state index is 5.38. The second kappa shape index (κ2) is 6.06.